The van der Waals surface area contributed by atoms with E-state index in [1.54, 1.807) is 18.5 Å². The number of nitrogens with zero attached hydrogens (tertiary/aromatic N) is 2. The number of unbranched alkanes of at least 4 members (excludes halogenated alkanes) is 1. The van der Waals surface area contributed by atoms with Gasteiger partial charge in [0, 0.05) is 31.7 Å². The Morgan fingerprint density at radius 1 is 1.38 bits per heavy atom. The highest BCUT2D eigenvalue weighted by Crippen LogP contribution is 2.36. The van der Waals surface area contributed by atoms with Crippen LogP contribution in [0.3, 0.4) is 0 Å². The molecule has 176 valence electrons. The van der Waals surface area contributed by atoms with E-state index >= 15 is 0 Å². The van der Waals surface area contributed by atoms with Gasteiger partial charge < -0.3 is 20.1 Å². The Labute approximate surface area is 193 Å². The minimum Gasteiger partial charge on any atom is -0.494 e. The minimum atomic E-state index is -0.836. The fraction of sp³-hybridized carbons (Fsp3) is 0.538. The number of hydrogen-bond acceptors (Lipinski definition) is 5. The van der Waals surface area contributed by atoms with Crippen LogP contribution in [0, 0.1) is 11.8 Å². The van der Waals surface area contributed by atoms with Crippen molar-refractivity contribution in [2.75, 3.05) is 20.2 Å². The largest absolute Gasteiger partial charge is 0.494 e. The fourth-order valence-corrected chi connectivity index (χ4v) is 3.29. The Morgan fingerprint density at radius 3 is 2.84 bits per heavy atom. The first-order valence-corrected chi connectivity index (χ1v) is 11.7. The molecule has 0 spiro atoms. The third-order valence-corrected chi connectivity index (χ3v) is 5.73. The molecule has 1 saturated carbocycles. The lowest BCUT2D eigenvalue weighted by Gasteiger charge is -2.21. The average molecular weight is 442 g/mol. The number of rotatable bonds is 15. The van der Waals surface area contributed by atoms with E-state index in [4.69, 9.17) is 4.74 Å². The molecule has 3 unspecified atom stereocenters. The molecule has 2 N–H and O–H groups in total. The molecule has 1 aliphatic heterocycles. The van der Waals surface area contributed by atoms with Gasteiger partial charge in [-0.1, -0.05) is 37.3 Å². The summed E-state index contributed by atoms with van der Waals surface area (Å²) in [6, 6.07) is 0.0217. The molecule has 0 radical (unpaired) electrons. The molecular weight excluding hydrogens is 402 g/mol. The summed E-state index contributed by atoms with van der Waals surface area (Å²) in [5.41, 5.74) is 1.24. The average Bonchev–Trinajstić information content (AvgIpc) is 3.63. The molecule has 0 saturated heterocycles. The number of carboxylic acids is 1. The predicted octanol–water partition coefficient (Wildman–Crippen LogP) is 4.69. The summed E-state index contributed by atoms with van der Waals surface area (Å²) in [4.78, 5) is 17.5. The van der Waals surface area contributed by atoms with Crippen molar-refractivity contribution < 1.29 is 14.6 Å². The van der Waals surface area contributed by atoms with E-state index in [1.807, 2.05) is 6.08 Å². The molecule has 2 aliphatic rings. The molecule has 0 aromatic carbocycles. The van der Waals surface area contributed by atoms with E-state index in [-0.39, 0.29) is 12.1 Å². The molecule has 0 bridgehead atoms. The number of hydrogen-bond donors (Lipinski definition) is 2. The second-order valence-electron chi connectivity index (χ2n) is 8.48. The Hall–Kier alpha value is -2.60. The van der Waals surface area contributed by atoms with E-state index in [9.17, 15) is 9.90 Å². The van der Waals surface area contributed by atoms with Crippen LogP contribution in [0.25, 0.3) is 0 Å². The summed E-state index contributed by atoms with van der Waals surface area (Å²) in [6.07, 6.45) is 20.6. The van der Waals surface area contributed by atoms with E-state index in [0.29, 0.717) is 12.5 Å². The van der Waals surface area contributed by atoms with Crippen LogP contribution in [0.5, 0.6) is 0 Å². The van der Waals surface area contributed by atoms with Crippen molar-refractivity contribution in [3.05, 3.63) is 60.7 Å². The molecular formula is C26H39N3O3. The van der Waals surface area contributed by atoms with Crippen molar-refractivity contribution in [2.45, 2.75) is 58.0 Å². The van der Waals surface area contributed by atoms with Crippen molar-refractivity contribution in [1.82, 2.24) is 10.2 Å². The number of nitrogens with one attached hydrogen (secondary N) is 1. The molecule has 0 amide bonds. The van der Waals surface area contributed by atoms with Gasteiger partial charge in [0.25, 0.3) is 0 Å². The van der Waals surface area contributed by atoms with Crippen LogP contribution in [0.1, 0.15) is 46.0 Å². The highest BCUT2D eigenvalue weighted by molar-refractivity contribution is 5.81. The second kappa shape index (κ2) is 13.7. The van der Waals surface area contributed by atoms with Gasteiger partial charge in [-0.05, 0) is 63.6 Å². The lowest BCUT2D eigenvalue weighted by Crippen LogP contribution is -2.42. The maximum atomic E-state index is 11.3. The summed E-state index contributed by atoms with van der Waals surface area (Å²) in [7, 11) is 2.06. The van der Waals surface area contributed by atoms with Gasteiger partial charge in [0.05, 0.1) is 18.6 Å². The van der Waals surface area contributed by atoms with Crippen molar-refractivity contribution in [1.29, 1.82) is 0 Å². The van der Waals surface area contributed by atoms with Crippen LogP contribution in [0.4, 0.5) is 0 Å². The van der Waals surface area contributed by atoms with Gasteiger partial charge in [0.1, 0.15) is 5.76 Å². The molecule has 1 heterocycles. The number of carboxylic acid groups (broad SMARTS) is 1. The van der Waals surface area contributed by atoms with Crippen LogP contribution >= 0.6 is 0 Å². The maximum Gasteiger partial charge on any atom is 0.312 e. The van der Waals surface area contributed by atoms with Gasteiger partial charge in [-0.15, -0.1) is 0 Å². The quantitative estimate of drug-likeness (QED) is 0.219. The predicted molar refractivity (Wildman–Crippen MR) is 131 cm³/mol. The minimum absolute atomic E-state index is 0.259. The van der Waals surface area contributed by atoms with Crippen LogP contribution in [0.2, 0.25) is 0 Å². The first-order valence-electron chi connectivity index (χ1n) is 11.7. The van der Waals surface area contributed by atoms with Gasteiger partial charge in [-0.3, -0.25) is 9.79 Å². The Balaban J connectivity index is 1.67. The molecule has 3 atom stereocenters. The zero-order valence-electron chi connectivity index (χ0n) is 19.7. The van der Waals surface area contributed by atoms with Gasteiger partial charge >= 0.3 is 5.97 Å². The lowest BCUT2D eigenvalue weighted by atomic mass is 9.99. The van der Waals surface area contributed by atoms with Gasteiger partial charge in [0.2, 0.25) is 0 Å². The van der Waals surface area contributed by atoms with Gasteiger partial charge in [0.15, 0.2) is 0 Å². The first kappa shape index (κ1) is 25.7. The third kappa shape index (κ3) is 9.27. The molecule has 2 rings (SSSR count). The lowest BCUT2D eigenvalue weighted by molar-refractivity contribution is -0.140. The zero-order valence-corrected chi connectivity index (χ0v) is 19.7. The van der Waals surface area contributed by atoms with E-state index in [2.05, 4.69) is 67.1 Å². The summed E-state index contributed by atoms with van der Waals surface area (Å²) < 4.78 is 5.96. The number of carbonyl (C=O) groups is 1. The molecule has 1 fully saturated rings. The van der Waals surface area contributed by atoms with Crippen LogP contribution in [0.15, 0.2) is 65.7 Å². The highest BCUT2D eigenvalue weighted by atomic mass is 16.5. The normalized spacial score (nSPS) is 21.9. The van der Waals surface area contributed by atoms with Crippen molar-refractivity contribution in [2.24, 2.45) is 16.8 Å². The van der Waals surface area contributed by atoms with Crippen LogP contribution in [-0.2, 0) is 9.53 Å². The number of aliphatic imine (C=N–C) groups is 1. The molecule has 6 heteroatoms. The SMILES string of the molecule is C=C(/C=C\C(C)N(C)/C=C/C(=C\CC)OCCCCNC1C=NC=CC1C(=O)O)C1CC1. The number of aliphatic carboxylic acids is 1. The maximum absolute atomic E-state index is 11.3. The highest BCUT2D eigenvalue weighted by Gasteiger charge is 2.25. The van der Waals surface area contributed by atoms with Gasteiger partial charge in [-0.25, -0.2) is 0 Å². The topological polar surface area (TPSA) is 74.2 Å². The van der Waals surface area contributed by atoms with E-state index < -0.39 is 11.9 Å². The van der Waals surface area contributed by atoms with Crippen LogP contribution in [-0.4, -0.2) is 54.5 Å². The second-order valence-corrected chi connectivity index (χ2v) is 8.48. The smallest absolute Gasteiger partial charge is 0.312 e. The van der Waals surface area contributed by atoms with Crippen molar-refractivity contribution in [3.63, 3.8) is 0 Å². The Bertz CT molecular complexity index is 762. The van der Waals surface area contributed by atoms with Gasteiger partial charge in [-0.2, -0.15) is 0 Å². The monoisotopic (exact) mass is 441 g/mol. The number of likely N-dealkylation sites (N-methyl/N-ethyl adjacent to an activating group) is 1. The standard InChI is InChI=1S/C26H39N3O3/c1-5-8-23(14-17-29(4)21(3)10-9-20(2)22-11-12-22)32-18-7-6-15-28-25-19-27-16-13-24(25)26(30)31/h8-10,13-14,16-17,19,21-22,24-25,28H,2,5-7,11-12,15,18H2,1,3-4H3,(H,30,31)/b10-9-,17-14+,23-8+. The number of allylic oxidation sites excluding steroid dienone is 4. The summed E-state index contributed by atoms with van der Waals surface area (Å²) >= 11 is 0. The fourth-order valence-electron chi connectivity index (χ4n) is 3.29. The third-order valence-electron chi connectivity index (χ3n) is 5.73. The first-order chi connectivity index (χ1) is 15.4. The summed E-state index contributed by atoms with van der Waals surface area (Å²) in [5.74, 6) is 0.181. The molecule has 0 aromatic rings. The molecule has 0 aromatic heterocycles. The molecule has 32 heavy (non-hydrogen) atoms. The Morgan fingerprint density at radius 2 is 2.16 bits per heavy atom. The van der Waals surface area contributed by atoms with Crippen LogP contribution < -0.4 is 5.32 Å². The van der Waals surface area contributed by atoms with E-state index in [0.717, 1.165) is 31.6 Å². The summed E-state index contributed by atoms with van der Waals surface area (Å²) in [6.45, 7) is 9.75. The zero-order chi connectivity index (χ0) is 23.3. The van der Waals surface area contributed by atoms with Crippen molar-refractivity contribution in [3.8, 4) is 0 Å². The Kier molecular flexibility index (Phi) is 11.0. The van der Waals surface area contributed by atoms with E-state index in [1.165, 1.54) is 18.4 Å². The summed E-state index contributed by atoms with van der Waals surface area (Å²) in [5, 5.41) is 12.5. The molecule has 6 nitrogen and oxygen atoms in total. The number of ether oxygens (including phenoxy) is 1. The molecule has 1 aliphatic carbocycles. The van der Waals surface area contributed by atoms with Crippen molar-refractivity contribution >= 4 is 12.2 Å².